The maximum atomic E-state index is 12.2. The van der Waals surface area contributed by atoms with Crippen LogP contribution in [0.5, 0.6) is 0 Å². The molecule has 0 bridgehead atoms. The Balaban J connectivity index is 4.22. The molecule has 3 nitrogen and oxygen atoms in total. The first-order chi connectivity index (χ1) is 8.04. The van der Waals surface area contributed by atoms with Crippen LogP contribution in [-0.2, 0) is 4.79 Å². The van der Waals surface area contributed by atoms with E-state index >= 15 is 0 Å². The molecule has 1 amide bonds. The van der Waals surface area contributed by atoms with E-state index in [0.29, 0.717) is 0 Å². The summed E-state index contributed by atoms with van der Waals surface area (Å²) in [5.41, 5.74) is 5.96. The number of hydrogen-bond donors (Lipinski definition) is 1. The molecule has 0 radical (unpaired) electrons. The molecule has 0 aliphatic carbocycles. The molecule has 1 unspecified atom stereocenters. The summed E-state index contributed by atoms with van der Waals surface area (Å²) in [7, 11) is 0. The van der Waals surface area contributed by atoms with Crippen LogP contribution in [-0.4, -0.2) is 29.4 Å². The molecule has 0 saturated carbocycles. The van der Waals surface area contributed by atoms with E-state index in [4.69, 9.17) is 5.73 Å². The summed E-state index contributed by atoms with van der Waals surface area (Å²) in [6.07, 6.45) is 6.39. The minimum atomic E-state index is -0.307. The second-order valence-corrected chi connectivity index (χ2v) is 5.08. The van der Waals surface area contributed by atoms with E-state index in [-0.39, 0.29) is 18.0 Å². The van der Waals surface area contributed by atoms with Gasteiger partial charge in [-0.25, -0.2) is 0 Å². The van der Waals surface area contributed by atoms with Crippen molar-refractivity contribution in [3.63, 3.8) is 0 Å². The predicted molar refractivity (Wildman–Crippen MR) is 73.9 cm³/mol. The van der Waals surface area contributed by atoms with Gasteiger partial charge in [0.2, 0.25) is 5.91 Å². The summed E-state index contributed by atoms with van der Waals surface area (Å²) >= 11 is 0. The third kappa shape index (κ3) is 6.67. The highest BCUT2D eigenvalue weighted by Crippen LogP contribution is 2.08. The van der Waals surface area contributed by atoms with E-state index in [1.165, 1.54) is 12.8 Å². The van der Waals surface area contributed by atoms with Gasteiger partial charge in [0.1, 0.15) is 0 Å². The average molecular weight is 242 g/mol. The van der Waals surface area contributed by atoms with Gasteiger partial charge >= 0.3 is 0 Å². The summed E-state index contributed by atoms with van der Waals surface area (Å²) in [6, 6.07) is -0.0500. The lowest BCUT2D eigenvalue weighted by Gasteiger charge is -2.29. The molecule has 102 valence electrons. The SMILES string of the molecule is CCCCCN(C(=O)C(N)CCCC)C(C)C. The van der Waals surface area contributed by atoms with Crippen molar-refractivity contribution >= 4 is 5.91 Å². The van der Waals surface area contributed by atoms with Crippen LogP contribution >= 0.6 is 0 Å². The maximum absolute atomic E-state index is 12.2. The number of carbonyl (C=O) groups excluding carboxylic acids is 1. The lowest BCUT2D eigenvalue weighted by Crippen LogP contribution is -2.47. The summed E-state index contributed by atoms with van der Waals surface area (Å²) in [5.74, 6) is 0.129. The minimum Gasteiger partial charge on any atom is -0.339 e. The monoisotopic (exact) mass is 242 g/mol. The molecule has 0 fully saturated rings. The number of unbranched alkanes of at least 4 members (excludes halogenated alkanes) is 3. The van der Waals surface area contributed by atoms with Crippen molar-refractivity contribution in [1.82, 2.24) is 4.90 Å². The van der Waals surface area contributed by atoms with Crippen molar-refractivity contribution < 1.29 is 4.79 Å². The van der Waals surface area contributed by atoms with Crippen LogP contribution in [0, 0.1) is 0 Å². The van der Waals surface area contributed by atoms with Crippen LogP contribution < -0.4 is 5.73 Å². The number of nitrogens with zero attached hydrogens (tertiary/aromatic N) is 1. The van der Waals surface area contributed by atoms with Gasteiger partial charge in [0.15, 0.2) is 0 Å². The Labute approximate surface area is 107 Å². The number of hydrogen-bond acceptors (Lipinski definition) is 2. The first kappa shape index (κ1) is 16.4. The van der Waals surface area contributed by atoms with Gasteiger partial charge < -0.3 is 10.6 Å². The van der Waals surface area contributed by atoms with Gasteiger partial charge in [-0.2, -0.15) is 0 Å². The Bertz CT molecular complexity index is 204. The Kier molecular flexibility index (Phi) is 9.14. The van der Waals surface area contributed by atoms with Crippen molar-refractivity contribution in [1.29, 1.82) is 0 Å². The molecule has 0 saturated heterocycles. The Morgan fingerprint density at radius 3 is 2.18 bits per heavy atom. The summed E-state index contributed by atoms with van der Waals surface area (Å²) < 4.78 is 0. The average Bonchev–Trinajstić information content (AvgIpc) is 2.30. The summed E-state index contributed by atoms with van der Waals surface area (Å²) in [5, 5.41) is 0. The van der Waals surface area contributed by atoms with E-state index in [1.54, 1.807) is 0 Å². The smallest absolute Gasteiger partial charge is 0.239 e. The Morgan fingerprint density at radius 2 is 1.71 bits per heavy atom. The molecule has 0 aromatic heterocycles. The molecular formula is C14H30N2O. The fourth-order valence-corrected chi connectivity index (χ4v) is 1.92. The van der Waals surface area contributed by atoms with Crippen molar-refractivity contribution in [3.8, 4) is 0 Å². The third-order valence-corrected chi connectivity index (χ3v) is 3.09. The second-order valence-electron chi connectivity index (χ2n) is 5.08. The molecule has 0 heterocycles. The number of nitrogens with two attached hydrogens (primary N) is 1. The highest BCUT2D eigenvalue weighted by molar-refractivity contribution is 5.81. The van der Waals surface area contributed by atoms with E-state index in [9.17, 15) is 4.79 Å². The normalized spacial score (nSPS) is 12.8. The van der Waals surface area contributed by atoms with Crippen LogP contribution in [0.1, 0.15) is 66.2 Å². The fraction of sp³-hybridized carbons (Fsp3) is 0.929. The van der Waals surface area contributed by atoms with Crippen molar-refractivity contribution in [2.75, 3.05) is 6.54 Å². The lowest BCUT2D eigenvalue weighted by atomic mass is 10.1. The Morgan fingerprint density at radius 1 is 1.12 bits per heavy atom. The standard InChI is InChI=1S/C14H30N2O/c1-5-7-9-11-16(12(3)4)14(17)13(15)10-8-6-2/h12-13H,5-11,15H2,1-4H3. The van der Waals surface area contributed by atoms with E-state index in [2.05, 4.69) is 27.7 Å². The van der Waals surface area contributed by atoms with Gasteiger partial charge in [-0.15, -0.1) is 0 Å². The molecule has 2 N–H and O–H groups in total. The van der Waals surface area contributed by atoms with Crippen LogP contribution in [0.2, 0.25) is 0 Å². The third-order valence-electron chi connectivity index (χ3n) is 3.09. The van der Waals surface area contributed by atoms with E-state index in [1.807, 2.05) is 4.90 Å². The molecule has 0 aliphatic heterocycles. The van der Waals surface area contributed by atoms with Crippen LogP contribution in [0.3, 0.4) is 0 Å². The first-order valence-corrected chi connectivity index (χ1v) is 7.10. The van der Waals surface area contributed by atoms with Gasteiger partial charge in [0.05, 0.1) is 6.04 Å². The van der Waals surface area contributed by atoms with Crippen molar-refractivity contribution in [3.05, 3.63) is 0 Å². The zero-order valence-corrected chi connectivity index (χ0v) is 12.0. The quantitative estimate of drug-likeness (QED) is 0.632. The zero-order chi connectivity index (χ0) is 13.3. The zero-order valence-electron chi connectivity index (χ0n) is 12.0. The molecule has 0 aromatic rings. The largest absolute Gasteiger partial charge is 0.339 e. The van der Waals surface area contributed by atoms with Gasteiger partial charge in [-0.1, -0.05) is 39.5 Å². The van der Waals surface area contributed by atoms with E-state index < -0.39 is 0 Å². The lowest BCUT2D eigenvalue weighted by molar-refractivity contribution is -0.134. The van der Waals surface area contributed by atoms with E-state index in [0.717, 1.165) is 32.2 Å². The molecule has 0 spiro atoms. The second kappa shape index (κ2) is 9.46. The molecular weight excluding hydrogens is 212 g/mol. The minimum absolute atomic E-state index is 0.129. The van der Waals surface area contributed by atoms with Gasteiger partial charge in [-0.05, 0) is 26.7 Å². The van der Waals surface area contributed by atoms with Crippen molar-refractivity contribution in [2.24, 2.45) is 5.73 Å². The molecule has 17 heavy (non-hydrogen) atoms. The van der Waals surface area contributed by atoms with Crippen molar-refractivity contribution in [2.45, 2.75) is 78.3 Å². The Hall–Kier alpha value is -0.570. The molecule has 0 rings (SSSR count). The first-order valence-electron chi connectivity index (χ1n) is 7.10. The number of amides is 1. The van der Waals surface area contributed by atoms with Gasteiger partial charge in [0, 0.05) is 12.6 Å². The highest BCUT2D eigenvalue weighted by Gasteiger charge is 2.22. The van der Waals surface area contributed by atoms with Gasteiger partial charge in [-0.3, -0.25) is 4.79 Å². The molecule has 3 heteroatoms. The predicted octanol–water partition coefficient (Wildman–Crippen LogP) is 2.93. The molecule has 0 aromatic carbocycles. The maximum Gasteiger partial charge on any atom is 0.239 e. The highest BCUT2D eigenvalue weighted by atomic mass is 16.2. The number of rotatable bonds is 9. The molecule has 0 aliphatic rings. The van der Waals surface area contributed by atoms with Crippen LogP contribution in [0.15, 0.2) is 0 Å². The topological polar surface area (TPSA) is 46.3 Å². The molecule has 1 atom stereocenters. The summed E-state index contributed by atoms with van der Waals surface area (Å²) in [6.45, 7) is 9.28. The van der Waals surface area contributed by atoms with Gasteiger partial charge in [0.25, 0.3) is 0 Å². The summed E-state index contributed by atoms with van der Waals surface area (Å²) in [4.78, 5) is 14.1. The van der Waals surface area contributed by atoms with Crippen LogP contribution in [0.25, 0.3) is 0 Å². The number of carbonyl (C=O) groups is 1. The fourth-order valence-electron chi connectivity index (χ4n) is 1.92. The van der Waals surface area contributed by atoms with Crippen LogP contribution in [0.4, 0.5) is 0 Å².